The molecular formula is C19H33NO. The van der Waals surface area contributed by atoms with Crippen LogP contribution in [-0.2, 0) is 4.74 Å². The Morgan fingerprint density at radius 3 is 2.43 bits per heavy atom. The number of nitrogens with one attached hydrogen (secondary N) is 1. The molecule has 4 unspecified atom stereocenters. The SMILES string of the molecule is CCNC(C1CCOC2(CCCC2)C1)C1C2CCCCC21. The third-order valence-electron chi connectivity index (χ3n) is 7.13. The van der Waals surface area contributed by atoms with Gasteiger partial charge < -0.3 is 10.1 Å². The summed E-state index contributed by atoms with van der Waals surface area (Å²) in [7, 11) is 0. The van der Waals surface area contributed by atoms with Crippen molar-refractivity contribution < 1.29 is 4.74 Å². The highest BCUT2D eigenvalue weighted by Gasteiger charge is 2.56. The molecule has 4 aliphatic rings. The topological polar surface area (TPSA) is 21.3 Å². The highest BCUT2D eigenvalue weighted by molar-refractivity contribution is 5.07. The third kappa shape index (κ3) is 2.67. The second-order valence-electron chi connectivity index (χ2n) is 8.26. The number of hydrogen-bond acceptors (Lipinski definition) is 2. The van der Waals surface area contributed by atoms with E-state index in [1.165, 1.54) is 64.2 Å². The van der Waals surface area contributed by atoms with E-state index in [0.717, 1.165) is 42.9 Å². The minimum atomic E-state index is 0.288. The van der Waals surface area contributed by atoms with Gasteiger partial charge in [0.05, 0.1) is 5.60 Å². The quantitative estimate of drug-likeness (QED) is 0.840. The van der Waals surface area contributed by atoms with Gasteiger partial charge in [-0.25, -0.2) is 0 Å². The second-order valence-corrected chi connectivity index (χ2v) is 8.26. The van der Waals surface area contributed by atoms with Crippen LogP contribution in [0.4, 0.5) is 0 Å². The first kappa shape index (κ1) is 14.5. The molecule has 0 radical (unpaired) electrons. The van der Waals surface area contributed by atoms with Crippen molar-refractivity contribution in [2.75, 3.05) is 13.2 Å². The Kier molecular flexibility index (Phi) is 4.04. The molecule has 1 N–H and O–H groups in total. The fourth-order valence-corrected chi connectivity index (χ4v) is 6.17. The van der Waals surface area contributed by atoms with Crippen molar-refractivity contribution in [3.63, 3.8) is 0 Å². The van der Waals surface area contributed by atoms with Gasteiger partial charge in [0.2, 0.25) is 0 Å². The van der Waals surface area contributed by atoms with Crippen LogP contribution in [-0.4, -0.2) is 24.8 Å². The molecule has 0 aromatic rings. The maximum atomic E-state index is 6.28. The molecular weight excluding hydrogens is 258 g/mol. The molecule has 21 heavy (non-hydrogen) atoms. The van der Waals surface area contributed by atoms with Crippen molar-refractivity contribution in [2.45, 2.75) is 82.8 Å². The molecule has 3 saturated carbocycles. The van der Waals surface area contributed by atoms with E-state index in [1.54, 1.807) is 0 Å². The summed E-state index contributed by atoms with van der Waals surface area (Å²) in [5.74, 6) is 4.04. The van der Waals surface area contributed by atoms with Crippen LogP contribution in [0.15, 0.2) is 0 Å². The summed E-state index contributed by atoms with van der Waals surface area (Å²) in [6.45, 7) is 4.46. The summed E-state index contributed by atoms with van der Waals surface area (Å²) in [5.41, 5.74) is 0.288. The zero-order valence-corrected chi connectivity index (χ0v) is 13.8. The first-order chi connectivity index (χ1) is 10.3. The number of rotatable bonds is 4. The Morgan fingerprint density at radius 2 is 1.76 bits per heavy atom. The van der Waals surface area contributed by atoms with E-state index < -0.39 is 0 Å². The van der Waals surface area contributed by atoms with Crippen molar-refractivity contribution in [2.24, 2.45) is 23.7 Å². The van der Waals surface area contributed by atoms with E-state index in [1.807, 2.05) is 0 Å². The van der Waals surface area contributed by atoms with Gasteiger partial charge in [0.15, 0.2) is 0 Å². The van der Waals surface area contributed by atoms with Gasteiger partial charge in [0.1, 0.15) is 0 Å². The van der Waals surface area contributed by atoms with Gasteiger partial charge in [0, 0.05) is 12.6 Å². The van der Waals surface area contributed by atoms with Crippen molar-refractivity contribution in [1.29, 1.82) is 0 Å². The molecule has 0 aromatic heterocycles. The standard InChI is InChI=1S/C19H33NO/c1-2-20-18(17-15-7-3-4-8-16(15)17)14-9-12-21-19(13-14)10-5-6-11-19/h14-18,20H,2-13H2,1H3. The maximum absolute atomic E-state index is 6.28. The molecule has 0 amide bonds. The molecule has 2 nitrogen and oxygen atoms in total. The first-order valence-corrected chi connectivity index (χ1v) is 9.70. The summed E-state index contributed by atoms with van der Waals surface area (Å²) in [6.07, 6.45) is 14.1. The molecule has 0 bridgehead atoms. The first-order valence-electron chi connectivity index (χ1n) is 9.70. The molecule has 1 aliphatic heterocycles. The van der Waals surface area contributed by atoms with Crippen molar-refractivity contribution in [3.8, 4) is 0 Å². The summed E-state index contributed by atoms with van der Waals surface area (Å²) < 4.78 is 6.28. The average Bonchev–Trinajstić information content (AvgIpc) is 3.08. The molecule has 4 atom stereocenters. The van der Waals surface area contributed by atoms with Crippen molar-refractivity contribution >= 4 is 0 Å². The van der Waals surface area contributed by atoms with Crippen molar-refractivity contribution in [3.05, 3.63) is 0 Å². The van der Waals surface area contributed by atoms with Crippen molar-refractivity contribution in [1.82, 2.24) is 5.32 Å². The molecule has 3 aliphatic carbocycles. The second kappa shape index (κ2) is 5.85. The Bertz CT molecular complexity index is 351. The maximum Gasteiger partial charge on any atom is 0.0685 e. The smallest absolute Gasteiger partial charge is 0.0685 e. The predicted octanol–water partition coefficient (Wildman–Crippen LogP) is 4.14. The van der Waals surface area contributed by atoms with Crippen LogP contribution in [0.5, 0.6) is 0 Å². The predicted molar refractivity (Wildman–Crippen MR) is 86.3 cm³/mol. The van der Waals surface area contributed by atoms with E-state index in [9.17, 15) is 0 Å². The van der Waals surface area contributed by atoms with E-state index in [-0.39, 0.29) is 5.60 Å². The lowest BCUT2D eigenvalue weighted by Gasteiger charge is -2.42. The normalized spacial score (nSPS) is 42.7. The van der Waals surface area contributed by atoms with Gasteiger partial charge in [0.25, 0.3) is 0 Å². The van der Waals surface area contributed by atoms with E-state index >= 15 is 0 Å². The monoisotopic (exact) mass is 291 g/mol. The summed E-state index contributed by atoms with van der Waals surface area (Å²) >= 11 is 0. The Morgan fingerprint density at radius 1 is 1.05 bits per heavy atom. The Hall–Kier alpha value is -0.0800. The molecule has 2 heteroatoms. The number of hydrogen-bond donors (Lipinski definition) is 1. The highest BCUT2D eigenvalue weighted by atomic mass is 16.5. The van der Waals surface area contributed by atoms with Crippen LogP contribution in [0.3, 0.4) is 0 Å². The lowest BCUT2D eigenvalue weighted by molar-refractivity contribution is -0.0993. The summed E-state index contributed by atoms with van der Waals surface area (Å²) in [4.78, 5) is 0. The van der Waals surface area contributed by atoms with Crippen LogP contribution in [0.1, 0.15) is 71.1 Å². The minimum Gasteiger partial charge on any atom is -0.375 e. The van der Waals surface area contributed by atoms with E-state index in [4.69, 9.17) is 4.74 Å². The lowest BCUT2D eigenvalue weighted by atomic mass is 9.78. The van der Waals surface area contributed by atoms with Gasteiger partial charge in [-0.15, -0.1) is 0 Å². The zero-order chi connectivity index (χ0) is 14.3. The molecule has 4 rings (SSSR count). The molecule has 1 saturated heterocycles. The highest BCUT2D eigenvalue weighted by Crippen LogP contribution is 2.59. The number of ether oxygens (including phenoxy) is 1. The van der Waals surface area contributed by atoms with E-state index in [2.05, 4.69) is 12.2 Å². The third-order valence-corrected chi connectivity index (χ3v) is 7.13. The molecule has 4 fully saturated rings. The fourth-order valence-electron chi connectivity index (χ4n) is 6.17. The van der Waals surface area contributed by atoms with Gasteiger partial charge in [-0.1, -0.05) is 32.6 Å². The van der Waals surface area contributed by atoms with Crippen LogP contribution in [0, 0.1) is 23.7 Å². The Balaban J connectivity index is 1.46. The summed E-state index contributed by atoms with van der Waals surface area (Å²) in [5, 5.41) is 3.92. The molecule has 1 spiro atoms. The molecule has 120 valence electrons. The number of fused-ring (bicyclic) bond motifs is 1. The lowest BCUT2D eigenvalue weighted by Crippen LogP contribution is -2.47. The Labute approximate surface area is 130 Å². The van der Waals surface area contributed by atoms with Crippen LogP contribution < -0.4 is 5.32 Å². The van der Waals surface area contributed by atoms with Gasteiger partial charge in [-0.3, -0.25) is 0 Å². The molecule has 1 heterocycles. The van der Waals surface area contributed by atoms with Crippen LogP contribution >= 0.6 is 0 Å². The summed E-state index contributed by atoms with van der Waals surface area (Å²) in [6, 6.07) is 0.796. The fraction of sp³-hybridized carbons (Fsp3) is 1.00. The van der Waals surface area contributed by atoms with Gasteiger partial charge in [-0.05, 0) is 68.7 Å². The minimum absolute atomic E-state index is 0.288. The average molecular weight is 291 g/mol. The van der Waals surface area contributed by atoms with Gasteiger partial charge >= 0.3 is 0 Å². The van der Waals surface area contributed by atoms with E-state index in [0.29, 0.717) is 0 Å². The zero-order valence-electron chi connectivity index (χ0n) is 13.8. The molecule has 0 aromatic carbocycles. The van der Waals surface area contributed by atoms with Gasteiger partial charge in [-0.2, -0.15) is 0 Å². The largest absolute Gasteiger partial charge is 0.375 e. The van der Waals surface area contributed by atoms with Crippen LogP contribution in [0.25, 0.3) is 0 Å². The van der Waals surface area contributed by atoms with Crippen LogP contribution in [0.2, 0.25) is 0 Å².